The number of aromatic hydroxyl groups is 1. The third kappa shape index (κ3) is 9.16. The van der Waals surface area contributed by atoms with E-state index in [4.69, 9.17) is 5.73 Å². The Bertz CT molecular complexity index is 1600. The van der Waals surface area contributed by atoms with Crippen LogP contribution in [0.3, 0.4) is 0 Å². The molecule has 3 amide bonds. The van der Waals surface area contributed by atoms with Crippen LogP contribution in [-0.4, -0.2) is 73.0 Å². The number of H-pyrrole nitrogens is 2. The third-order valence-electron chi connectivity index (χ3n) is 7.39. The number of carboxylic acid groups (broad SMARTS) is 1. The Labute approximate surface area is 260 Å². The predicted molar refractivity (Wildman–Crippen MR) is 167 cm³/mol. The molecule has 0 aliphatic heterocycles. The van der Waals surface area contributed by atoms with Crippen molar-refractivity contribution in [1.82, 2.24) is 30.9 Å². The average molecular weight is 618 g/mol. The number of aromatic amines is 2. The average Bonchev–Trinajstić information content (AvgIpc) is 3.67. The van der Waals surface area contributed by atoms with Crippen molar-refractivity contribution in [1.29, 1.82) is 0 Å². The number of amides is 3. The zero-order valence-electron chi connectivity index (χ0n) is 25.1. The van der Waals surface area contributed by atoms with E-state index in [-0.39, 0.29) is 37.4 Å². The van der Waals surface area contributed by atoms with Gasteiger partial charge in [-0.15, -0.1) is 0 Å². The van der Waals surface area contributed by atoms with Crippen molar-refractivity contribution in [2.75, 3.05) is 0 Å². The maximum Gasteiger partial charge on any atom is 0.326 e. The molecule has 0 spiro atoms. The van der Waals surface area contributed by atoms with Gasteiger partial charge in [-0.25, -0.2) is 9.78 Å². The van der Waals surface area contributed by atoms with Crippen molar-refractivity contribution < 1.29 is 29.4 Å². The number of hydrogen-bond acceptors (Lipinski definition) is 7. The Hall–Kier alpha value is -5.17. The second kappa shape index (κ2) is 15.0. The van der Waals surface area contributed by atoms with E-state index in [0.717, 1.165) is 16.5 Å². The van der Waals surface area contributed by atoms with Crippen LogP contribution in [0, 0.1) is 5.92 Å². The first kappa shape index (κ1) is 32.7. The molecule has 9 N–H and O–H groups in total. The number of hydrogen-bond donors (Lipinski definition) is 8. The summed E-state index contributed by atoms with van der Waals surface area (Å²) in [5, 5.41) is 28.3. The predicted octanol–water partition coefficient (Wildman–Crippen LogP) is 1.54. The van der Waals surface area contributed by atoms with Crippen LogP contribution in [0.5, 0.6) is 5.75 Å². The molecule has 0 aliphatic carbocycles. The van der Waals surface area contributed by atoms with Gasteiger partial charge in [0.05, 0.1) is 12.4 Å². The number of nitrogens with one attached hydrogen (secondary N) is 5. The maximum atomic E-state index is 13.6. The summed E-state index contributed by atoms with van der Waals surface area (Å²) < 4.78 is 0. The van der Waals surface area contributed by atoms with E-state index >= 15 is 0 Å². The lowest BCUT2D eigenvalue weighted by molar-refractivity contribution is -0.142. The van der Waals surface area contributed by atoms with Gasteiger partial charge in [-0.1, -0.05) is 44.2 Å². The SMILES string of the molecule is CC(C)CC(NC(=O)C(N)Cc1c[nH]c2ccccc12)C(=O)NC(Cc1cnc[nH]1)C(=O)NC(Cc1ccc(O)cc1)C(=O)O. The molecule has 4 aromatic rings. The summed E-state index contributed by atoms with van der Waals surface area (Å²) in [5.74, 6) is -3.09. The van der Waals surface area contributed by atoms with E-state index in [1.54, 1.807) is 18.3 Å². The van der Waals surface area contributed by atoms with Crippen LogP contribution in [0.25, 0.3) is 10.9 Å². The topological polar surface area (TPSA) is 215 Å². The summed E-state index contributed by atoms with van der Waals surface area (Å²) in [4.78, 5) is 62.3. The lowest BCUT2D eigenvalue weighted by atomic mass is 10.00. The lowest BCUT2D eigenvalue weighted by Crippen LogP contribution is -2.58. The Morgan fingerprint density at radius 1 is 0.844 bits per heavy atom. The number of para-hydroxylation sites is 1. The first-order valence-corrected chi connectivity index (χ1v) is 14.7. The molecule has 238 valence electrons. The van der Waals surface area contributed by atoms with Crippen LogP contribution in [-0.2, 0) is 38.4 Å². The summed E-state index contributed by atoms with van der Waals surface area (Å²) in [6.07, 6.45) is 5.18. The van der Waals surface area contributed by atoms with Gasteiger partial charge in [-0.05, 0) is 48.1 Å². The molecule has 0 saturated carbocycles. The van der Waals surface area contributed by atoms with Gasteiger partial charge < -0.3 is 41.9 Å². The monoisotopic (exact) mass is 617 g/mol. The highest BCUT2D eigenvalue weighted by molar-refractivity contribution is 5.94. The van der Waals surface area contributed by atoms with Crippen LogP contribution >= 0.6 is 0 Å². The number of fused-ring (bicyclic) bond motifs is 1. The second-order valence-electron chi connectivity index (χ2n) is 11.5. The molecule has 0 aliphatic rings. The van der Waals surface area contributed by atoms with Gasteiger partial charge in [-0.2, -0.15) is 0 Å². The number of carbonyl (C=O) groups is 4. The Balaban J connectivity index is 1.46. The molecule has 13 heteroatoms. The number of carboxylic acids is 1. The number of aromatic nitrogens is 3. The number of nitrogens with two attached hydrogens (primary N) is 1. The van der Waals surface area contributed by atoms with Crippen LogP contribution in [0.1, 0.15) is 37.1 Å². The highest BCUT2D eigenvalue weighted by Crippen LogP contribution is 2.19. The van der Waals surface area contributed by atoms with Gasteiger partial charge in [0.2, 0.25) is 17.7 Å². The van der Waals surface area contributed by atoms with Gasteiger partial charge in [0.25, 0.3) is 0 Å². The van der Waals surface area contributed by atoms with Crippen molar-refractivity contribution in [2.45, 2.75) is 63.7 Å². The Morgan fingerprint density at radius 2 is 1.51 bits per heavy atom. The standard InChI is InChI=1S/C32H39N7O6/c1-18(2)11-26(37-29(41)24(33)13-20-15-35-25-6-4-3-5-23(20)25)30(42)38-27(14-21-16-34-17-36-21)31(43)39-28(32(44)45)12-19-7-9-22(40)10-8-19/h3-10,15-18,24,26-28,35,40H,11-14,33H2,1-2H3,(H,34,36)(H,37,41)(H,38,42)(H,39,43)(H,44,45). The summed E-state index contributed by atoms with van der Waals surface area (Å²) in [7, 11) is 0. The first-order valence-electron chi connectivity index (χ1n) is 14.7. The summed E-state index contributed by atoms with van der Waals surface area (Å²) >= 11 is 0. The number of phenolic OH excluding ortho intramolecular Hbond substituents is 1. The molecule has 0 saturated heterocycles. The zero-order valence-corrected chi connectivity index (χ0v) is 25.1. The minimum absolute atomic E-state index is 0.00692. The van der Waals surface area contributed by atoms with E-state index in [9.17, 15) is 29.4 Å². The fraction of sp³-hybridized carbons (Fsp3) is 0.344. The highest BCUT2D eigenvalue weighted by atomic mass is 16.4. The quantitative estimate of drug-likeness (QED) is 0.0977. The van der Waals surface area contributed by atoms with Crippen LogP contribution in [0.15, 0.2) is 67.3 Å². The van der Waals surface area contributed by atoms with Gasteiger partial charge in [0, 0.05) is 41.8 Å². The van der Waals surface area contributed by atoms with Crippen molar-refractivity contribution in [2.24, 2.45) is 11.7 Å². The highest BCUT2D eigenvalue weighted by Gasteiger charge is 2.31. The number of rotatable bonds is 15. The molecule has 0 fully saturated rings. The van der Waals surface area contributed by atoms with Crippen molar-refractivity contribution in [3.8, 4) is 5.75 Å². The molecule has 0 bridgehead atoms. The largest absolute Gasteiger partial charge is 0.508 e. The summed E-state index contributed by atoms with van der Waals surface area (Å²) in [6.45, 7) is 3.79. The van der Waals surface area contributed by atoms with Crippen LogP contribution < -0.4 is 21.7 Å². The Kier molecular flexibility index (Phi) is 10.9. The fourth-order valence-electron chi connectivity index (χ4n) is 5.05. The molecule has 2 aromatic heterocycles. The van der Waals surface area contributed by atoms with Crippen LogP contribution in [0.2, 0.25) is 0 Å². The Morgan fingerprint density at radius 3 is 2.18 bits per heavy atom. The molecule has 4 rings (SSSR count). The van der Waals surface area contributed by atoms with Crippen molar-refractivity contribution >= 4 is 34.6 Å². The molecular weight excluding hydrogens is 578 g/mol. The van der Waals surface area contributed by atoms with Crippen molar-refractivity contribution in [3.63, 3.8) is 0 Å². The van der Waals surface area contributed by atoms with Crippen molar-refractivity contribution in [3.05, 3.63) is 84.1 Å². The molecule has 13 nitrogen and oxygen atoms in total. The van der Waals surface area contributed by atoms with E-state index in [0.29, 0.717) is 11.3 Å². The number of imidazole rings is 1. The number of carbonyl (C=O) groups excluding carboxylic acids is 3. The van der Waals surface area contributed by atoms with E-state index < -0.39 is 47.9 Å². The normalized spacial score (nSPS) is 14.0. The molecule has 2 heterocycles. The molecule has 4 unspecified atom stereocenters. The molecule has 45 heavy (non-hydrogen) atoms. The summed E-state index contributed by atoms with van der Waals surface area (Å²) in [6, 6.07) is 9.19. The number of nitrogens with zero attached hydrogens (tertiary/aromatic N) is 1. The molecular formula is C32H39N7O6. The van der Waals surface area contributed by atoms with E-state index in [2.05, 4.69) is 30.9 Å². The smallest absolute Gasteiger partial charge is 0.326 e. The van der Waals surface area contributed by atoms with Gasteiger partial charge >= 0.3 is 5.97 Å². The van der Waals surface area contributed by atoms with Gasteiger partial charge in [-0.3, -0.25) is 14.4 Å². The number of phenols is 1. The fourth-order valence-corrected chi connectivity index (χ4v) is 5.05. The third-order valence-corrected chi connectivity index (χ3v) is 7.39. The summed E-state index contributed by atoms with van der Waals surface area (Å²) in [5.41, 5.74) is 9.18. The molecule has 4 atom stereocenters. The first-order chi connectivity index (χ1) is 21.5. The van der Waals surface area contributed by atoms with E-state index in [1.807, 2.05) is 38.1 Å². The number of aliphatic carboxylic acids is 1. The van der Waals surface area contributed by atoms with Crippen LogP contribution in [0.4, 0.5) is 0 Å². The zero-order chi connectivity index (χ0) is 32.5. The van der Waals surface area contributed by atoms with E-state index in [1.165, 1.54) is 24.7 Å². The maximum absolute atomic E-state index is 13.6. The minimum atomic E-state index is -1.31. The molecule has 0 radical (unpaired) electrons. The number of benzene rings is 2. The second-order valence-corrected chi connectivity index (χ2v) is 11.5. The lowest BCUT2D eigenvalue weighted by Gasteiger charge is -2.26. The molecule has 2 aromatic carbocycles. The van der Waals surface area contributed by atoms with Gasteiger partial charge in [0.15, 0.2) is 0 Å². The minimum Gasteiger partial charge on any atom is -0.508 e. The van der Waals surface area contributed by atoms with Gasteiger partial charge in [0.1, 0.15) is 23.9 Å².